The van der Waals surface area contributed by atoms with E-state index in [1.807, 2.05) is 0 Å². The van der Waals surface area contributed by atoms with E-state index in [1.165, 1.54) is 6.26 Å². The van der Waals surface area contributed by atoms with Crippen LogP contribution in [0.2, 0.25) is 0 Å². The molecular weight excluding hydrogens is 200 g/mol. The molecule has 0 saturated carbocycles. The third kappa shape index (κ3) is 3.33. The van der Waals surface area contributed by atoms with Crippen molar-refractivity contribution in [2.75, 3.05) is 12.4 Å². The molecule has 1 atom stereocenters. The van der Waals surface area contributed by atoms with Crippen molar-refractivity contribution in [3.05, 3.63) is 12.8 Å². The molecule has 0 N–H and O–H groups in total. The van der Waals surface area contributed by atoms with E-state index in [0.717, 1.165) is 32.1 Å². The van der Waals surface area contributed by atoms with Crippen molar-refractivity contribution < 1.29 is 13.2 Å². The first kappa shape index (κ1) is 11.6. The zero-order valence-corrected chi connectivity index (χ0v) is 9.26. The highest BCUT2D eigenvalue weighted by molar-refractivity contribution is 7.92. The average Bonchev–Trinajstić information content (AvgIpc) is 2.14. The Morgan fingerprint density at radius 1 is 1.43 bits per heavy atom. The SMILES string of the molecule is C=COCCCC1CCCCS1(=O)=O. The van der Waals surface area contributed by atoms with Crippen LogP contribution in [0.15, 0.2) is 12.8 Å². The molecule has 0 radical (unpaired) electrons. The minimum atomic E-state index is -2.79. The molecule has 14 heavy (non-hydrogen) atoms. The second-order valence-electron chi connectivity index (χ2n) is 3.66. The zero-order valence-electron chi connectivity index (χ0n) is 8.44. The number of ether oxygens (including phenoxy) is 1. The number of hydrogen-bond donors (Lipinski definition) is 0. The van der Waals surface area contributed by atoms with E-state index >= 15 is 0 Å². The molecule has 0 spiro atoms. The Balaban J connectivity index is 2.31. The molecule has 1 unspecified atom stereocenters. The van der Waals surface area contributed by atoms with Crippen LogP contribution in [0, 0.1) is 0 Å². The molecule has 1 aliphatic heterocycles. The molecule has 1 heterocycles. The van der Waals surface area contributed by atoms with E-state index in [1.54, 1.807) is 0 Å². The minimum Gasteiger partial charge on any atom is -0.502 e. The predicted octanol–water partition coefficient (Wildman–Crippen LogP) is 1.89. The summed E-state index contributed by atoms with van der Waals surface area (Å²) in [5.74, 6) is 0.375. The molecule has 4 heteroatoms. The maximum Gasteiger partial charge on any atom is 0.153 e. The van der Waals surface area contributed by atoms with Crippen molar-refractivity contribution in [3.63, 3.8) is 0 Å². The average molecular weight is 218 g/mol. The van der Waals surface area contributed by atoms with E-state index in [-0.39, 0.29) is 5.25 Å². The van der Waals surface area contributed by atoms with Crippen LogP contribution in [0.3, 0.4) is 0 Å². The lowest BCUT2D eigenvalue weighted by Crippen LogP contribution is -2.28. The molecule has 0 bridgehead atoms. The number of sulfone groups is 1. The molecule has 0 aromatic rings. The molecule has 1 rings (SSSR count). The first-order valence-electron chi connectivity index (χ1n) is 5.11. The largest absolute Gasteiger partial charge is 0.502 e. The van der Waals surface area contributed by atoms with Crippen LogP contribution in [-0.4, -0.2) is 26.0 Å². The van der Waals surface area contributed by atoms with Crippen molar-refractivity contribution in [1.29, 1.82) is 0 Å². The highest BCUT2D eigenvalue weighted by Gasteiger charge is 2.27. The highest BCUT2D eigenvalue weighted by atomic mass is 32.2. The Kier molecular flexibility index (Phi) is 4.45. The summed E-state index contributed by atoms with van der Waals surface area (Å²) in [6.45, 7) is 4.01. The number of rotatable bonds is 5. The first-order valence-corrected chi connectivity index (χ1v) is 6.82. The van der Waals surface area contributed by atoms with Crippen LogP contribution < -0.4 is 0 Å². The molecule has 0 aromatic heterocycles. The van der Waals surface area contributed by atoms with Gasteiger partial charge in [0.2, 0.25) is 0 Å². The van der Waals surface area contributed by atoms with Gasteiger partial charge in [0.25, 0.3) is 0 Å². The Labute approximate surface area is 86.1 Å². The summed E-state index contributed by atoms with van der Waals surface area (Å²) < 4.78 is 28.1. The predicted molar refractivity (Wildman–Crippen MR) is 56.8 cm³/mol. The van der Waals surface area contributed by atoms with E-state index in [4.69, 9.17) is 4.74 Å². The zero-order chi connectivity index (χ0) is 10.4. The fourth-order valence-electron chi connectivity index (χ4n) is 1.82. The summed E-state index contributed by atoms with van der Waals surface area (Å²) in [6.07, 6.45) is 5.64. The van der Waals surface area contributed by atoms with E-state index in [9.17, 15) is 8.42 Å². The standard InChI is InChI=1S/C10H18O3S/c1-2-13-8-5-7-10-6-3-4-9-14(10,11)12/h2,10H,1,3-9H2. The van der Waals surface area contributed by atoms with Crippen molar-refractivity contribution >= 4 is 9.84 Å². The van der Waals surface area contributed by atoms with E-state index in [2.05, 4.69) is 6.58 Å². The fourth-order valence-corrected chi connectivity index (χ4v) is 3.81. The monoisotopic (exact) mass is 218 g/mol. The first-order chi connectivity index (χ1) is 6.67. The topological polar surface area (TPSA) is 43.4 Å². The van der Waals surface area contributed by atoms with E-state index < -0.39 is 9.84 Å². The molecule has 0 aromatic carbocycles. The van der Waals surface area contributed by atoms with Gasteiger partial charge in [0.1, 0.15) is 0 Å². The Morgan fingerprint density at radius 3 is 2.86 bits per heavy atom. The van der Waals surface area contributed by atoms with Gasteiger partial charge in [-0.15, -0.1) is 0 Å². The van der Waals surface area contributed by atoms with Gasteiger partial charge in [-0.05, 0) is 25.7 Å². The summed E-state index contributed by atoms with van der Waals surface area (Å²) >= 11 is 0. The Bertz CT molecular complexity index is 269. The molecule has 1 aliphatic rings. The molecule has 1 fully saturated rings. The summed E-state index contributed by atoms with van der Waals surface area (Å²) in [5, 5.41) is -0.121. The molecule has 0 amide bonds. The van der Waals surface area contributed by atoms with Crippen LogP contribution in [0.1, 0.15) is 32.1 Å². The Hall–Kier alpha value is -0.510. The van der Waals surface area contributed by atoms with Gasteiger partial charge in [-0.2, -0.15) is 0 Å². The maximum atomic E-state index is 11.6. The highest BCUT2D eigenvalue weighted by Crippen LogP contribution is 2.23. The van der Waals surface area contributed by atoms with Crippen molar-refractivity contribution in [2.45, 2.75) is 37.4 Å². The van der Waals surface area contributed by atoms with Gasteiger partial charge in [-0.1, -0.05) is 13.0 Å². The summed E-state index contributed by atoms with van der Waals surface area (Å²) in [7, 11) is -2.79. The van der Waals surface area contributed by atoms with Crippen LogP contribution in [0.4, 0.5) is 0 Å². The van der Waals surface area contributed by atoms with Crippen molar-refractivity contribution in [1.82, 2.24) is 0 Å². The fraction of sp³-hybridized carbons (Fsp3) is 0.800. The van der Waals surface area contributed by atoms with Gasteiger partial charge >= 0.3 is 0 Å². The second kappa shape index (κ2) is 5.39. The van der Waals surface area contributed by atoms with Crippen LogP contribution in [-0.2, 0) is 14.6 Å². The van der Waals surface area contributed by atoms with Crippen LogP contribution in [0.5, 0.6) is 0 Å². The third-order valence-electron chi connectivity index (χ3n) is 2.62. The lowest BCUT2D eigenvalue weighted by molar-refractivity contribution is 0.241. The lowest BCUT2D eigenvalue weighted by Gasteiger charge is -2.21. The lowest BCUT2D eigenvalue weighted by atomic mass is 10.1. The number of hydrogen-bond acceptors (Lipinski definition) is 3. The summed E-state index contributed by atoms with van der Waals surface area (Å²) in [5.41, 5.74) is 0. The van der Waals surface area contributed by atoms with Gasteiger partial charge in [0.05, 0.1) is 23.9 Å². The maximum absolute atomic E-state index is 11.6. The quantitative estimate of drug-likeness (QED) is 0.523. The summed E-state index contributed by atoms with van der Waals surface area (Å²) in [6, 6.07) is 0. The van der Waals surface area contributed by atoms with Gasteiger partial charge in [0.15, 0.2) is 9.84 Å². The Morgan fingerprint density at radius 2 is 2.21 bits per heavy atom. The van der Waals surface area contributed by atoms with Crippen LogP contribution >= 0.6 is 0 Å². The minimum absolute atomic E-state index is 0.121. The molecule has 82 valence electrons. The molecule has 1 saturated heterocycles. The molecule has 3 nitrogen and oxygen atoms in total. The summed E-state index contributed by atoms with van der Waals surface area (Å²) in [4.78, 5) is 0. The van der Waals surface area contributed by atoms with Gasteiger partial charge in [-0.25, -0.2) is 8.42 Å². The van der Waals surface area contributed by atoms with Gasteiger partial charge < -0.3 is 4.74 Å². The molecule has 0 aliphatic carbocycles. The second-order valence-corrected chi connectivity index (χ2v) is 6.07. The van der Waals surface area contributed by atoms with Gasteiger partial charge in [0, 0.05) is 0 Å². The normalized spacial score (nSPS) is 25.6. The van der Waals surface area contributed by atoms with Crippen molar-refractivity contribution in [2.24, 2.45) is 0 Å². The third-order valence-corrected chi connectivity index (χ3v) is 4.96. The smallest absolute Gasteiger partial charge is 0.153 e. The van der Waals surface area contributed by atoms with Crippen LogP contribution in [0.25, 0.3) is 0 Å². The van der Waals surface area contributed by atoms with E-state index in [0.29, 0.717) is 12.4 Å². The van der Waals surface area contributed by atoms with Gasteiger partial charge in [-0.3, -0.25) is 0 Å². The molecular formula is C10H18O3S. The van der Waals surface area contributed by atoms with Crippen molar-refractivity contribution in [3.8, 4) is 0 Å².